The summed E-state index contributed by atoms with van der Waals surface area (Å²) in [5, 5.41) is 9.89. The molecule has 7 atom stereocenters. The number of aliphatic hydroxyl groups excluding tert-OH is 1. The van der Waals surface area contributed by atoms with Crippen molar-refractivity contribution in [3.8, 4) is 0 Å². The molecular formula is C19H32O2. The van der Waals surface area contributed by atoms with Crippen molar-refractivity contribution >= 4 is 6.29 Å². The highest BCUT2D eigenvalue weighted by molar-refractivity contribution is 5.44. The Morgan fingerprint density at radius 1 is 0.762 bits per heavy atom. The quantitative estimate of drug-likeness (QED) is 0.679. The second-order valence-corrected chi connectivity index (χ2v) is 7.96. The number of carbonyl (C=O) groups excluding carboxylic acids is 1. The third kappa shape index (κ3) is 3.06. The SMILES string of the molecule is CC=O.O[C@H]1CCC2C(CCC3[C@H]4CCCC4CC[C@@H]23)C1. The highest BCUT2D eigenvalue weighted by Crippen LogP contribution is 2.57. The largest absolute Gasteiger partial charge is 0.393 e. The molecule has 0 aliphatic heterocycles. The second kappa shape index (κ2) is 6.81. The van der Waals surface area contributed by atoms with E-state index in [1.807, 2.05) is 0 Å². The van der Waals surface area contributed by atoms with Gasteiger partial charge in [0.25, 0.3) is 0 Å². The van der Waals surface area contributed by atoms with Crippen molar-refractivity contribution in [1.82, 2.24) is 0 Å². The molecule has 2 heteroatoms. The minimum Gasteiger partial charge on any atom is -0.393 e. The molecule has 21 heavy (non-hydrogen) atoms. The molecule has 120 valence electrons. The van der Waals surface area contributed by atoms with Crippen molar-refractivity contribution in [2.75, 3.05) is 0 Å². The molecule has 0 aromatic rings. The first-order chi connectivity index (χ1) is 10.2. The second-order valence-electron chi connectivity index (χ2n) is 7.96. The predicted octanol–water partition coefficient (Wildman–Crippen LogP) is 4.21. The van der Waals surface area contributed by atoms with Crippen LogP contribution in [0.3, 0.4) is 0 Å². The van der Waals surface area contributed by atoms with Crippen molar-refractivity contribution in [2.24, 2.45) is 35.5 Å². The molecule has 0 heterocycles. The zero-order valence-electron chi connectivity index (χ0n) is 13.5. The van der Waals surface area contributed by atoms with Crippen LogP contribution in [0, 0.1) is 35.5 Å². The van der Waals surface area contributed by atoms with Crippen molar-refractivity contribution < 1.29 is 9.90 Å². The van der Waals surface area contributed by atoms with E-state index < -0.39 is 0 Å². The summed E-state index contributed by atoms with van der Waals surface area (Å²) in [5.74, 6) is 6.23. The topological polar surface area (TPSA) is 37.3 Å². The lowest BCUT2D eigenvalue weighted by Gasteiger charge is -2.52. The smallest absolute Gasteiger partial charge is 0.116 e. The standard InChI is InChI=1S/C17H28O.C2H4O/c18-13-6-9-15-12(10-13)5-8-16-14-3-1-2-11(14)4-7-17(15)16;1-2-3/h11-18H,1-10H2;2H,1H3/t11?,12?,13-,14-,15?,16?,17-;/m0./s1. The molecule has 4 unspecified atom stereocenters. The van der Waals surface area contributed by atoms with Crippen LogP contribution in [0.1, 0.15) is 71.1 Å². The summed E-state index contributed by atoms with van der Waals surface area (Å²) in [6, 6.07) is 0. The number of aliphatic hydroxyl groups is 1. The van der Waals surface area contributed by atoms with E-state index in [4.69, 9.17) is 4.79 Å². The van der Waals surface area contributed by atoms with Crippen LogP contribution in [0.25, 0.3) is 0 Å². The monoisotopic (exact) mass is 292 g/mol. The van der Waals surface area contributed by atoms with E-state index in [1.54, 1.807) is 12.8 Å². The number of rotatable bonds is 0. The van der Waals surface area contributed by atoms with Gasteiger partial charge >= 0.3 is 0 Å². The molecule has 2 nitrogen and oxygen atoms in total. The molecule has 4 fully saturated rings. The van der Waals surface area contributed by atoms with E-state index in [1.165, 1.54) is 45.4 Å². The summed E-state index contributed by atoms with van der Waals surface area (Å²) in [5.41, 5.74) is 0. The van der Waals surface area contributed by atoms with E-state index >= 15 is 0 Å². The molecular weight excluding hydrogens is 260 g/mol. The van der Waals surface area contributed by atoms with E-state index in [9.17, 15) is 5.11 Å². The lowest BCUT2D eigenvalue weighted by molar-refractivity contribution is -0.106. The third-order valence-electron chi connectivity index (χ3n) is 7.12. The lowest BCUT2D eigenvalue weighted by Crippen LogP contribution is -2.45. The normalized spacial score (nSPS) is 48.2. The maximum Gasteiger partial charge on any atom is 0.116 e. The average molecular weight is 292 g/mol. The van der Waals surface area contributed by atoms with Crippen molar-refractivity contribution in [1.29, 1.82) is 0 Å². The Hall–Kier alpha value is -0.370. The minimum atomic E-state index is 0.0330. The fraction of sp³-hybridized carbons (Fsp3) is 0.947. The Morgan fingerprint density at radius 3 is 2.05 bits per heavy atom. The van der Waals surface area contributed by atoms with Crippen LogP contribution in [-0.2, 0) is 4.79 Å². The molecule has 4 saturated carbocycles. The van der Waals surface area contributed by atoms with Gasteiger partial charge in [0.05, 0.1) is 6.10 Å². The summed E-state index contributed by atoms with van der Waals surface area (Å²) < 4.78 is 0. The Labute approximate surface area is 129 Å². The minimum absolute atomic E-state index is 0.0330. The van der Waals surface area contributed by atoms with Gasteiger partial charge in [0.1, 0.15) is 6.29 Å². The van der Waals surface area contributed by atoms with E-state index in [0.29, 0.717) is 0 Å². The molecule has 1 N–H and O–H groups in total. The molecule has 4 aliphatic rings. The molecule has 4 rings (SSSR count). The fourth-order valence-electron chi connectivity index (χ4n) is 6.45. The number of hydrogen-bond donors (Lipinski definition) is 1. The van der Waals surface area contributed by atoms with Crippen LogP contribution in [0.5, 0.6) is 0 Å². The van der Waals surface area contributed by atoms with Gasteiger partial charge in [0.2, 0.25) is 0 Å². The van der Waals surface area contributed by atoms with Crippen molar-refractivity contribution in [3.05, 3.63) is 0 Å². The molecule has 0 saturated heterocycles. The molecule has 0 aromatic carbocycles. The van der Waals surface area contributed by atoms with Gasteiger partial charge < -0.3 is 9.90 Å². The fourth-order valence-corrected chi connectivity index (χ4v) is 6.45. The zero-order chi connectivity index (χ0) is 14.8. The van der Waals surface area contributed by atoms with Crippen LogP contribution in [0.4, 0.5) is 0 Å². The Morgan fingerprint density at radius 2 is 1.33 bits per heavy atom. The van der Waals surface area contributed by atoms with E-state index in [-0.39, 0.29) is 6.10 Å². The van der Waals surface area contributed by atoms with E-state index in [0.717, 1.165) is 54.6 Å². The third-order valence-corrected chi connectivity index (χ3v) is 7.12. The van der Waals surface area contributed by atoms with E-state index in [2.05, 4.69) is 0 Å². The van der Waals surface area contributed by atoms with Gasteiger partial charge in [-0.15, -0.1) is 0 Å². The first-order valence-corrected chi connectivity index (χ1v) is 9.32. The molecule has 0 amide bonds. The highest BCUT2D eigenvalue weighted by atomic mass is 16.3. The molecule has 0 aromatic heterocycles. The number of aldehydes is 1. The van der Waals surface area contributed by atoms with Gasteiger partial charge in [-0.05, 0) is 93.8 Å². The van der Waals surface area contributed by atoms with Gasteiger partial charge in [0, 0.05) is 0 Å². The van der Waals surface area contributed by atoms with Crippen LogP contribution >= 0.6 is 0 Å². The first-order valence-electron chi connectivity index (χ1n) is 9.32. The Balaban J connectivity index is 0.000000409. The van der Waals surface area contributed by atoms with Crippen molar-refractivity contribution in [2.45, 2.75) is 77.2 Å². The molecule has 0 bridgehead atoms. The molecule has 0 spiro atoms. The summed E-state index contributed by atoms with van der Waals surface area (Å²) in [6.07, 6.45) is 15.0. The van der Waals surface area contributed by atoms with Gasteiger partial charge in [-0.2, -0.15) is 0 Å². The number of carbonyl (C=O) groups is 1. The lowest BCUT2D eigenvalue weighted by atomic mass is 9.53. The maximum absolute atomic E-state index is 9.89. The first kappa shape index (κ1) is 15.5. The summed E-state index contributed by atoms with van der Waals surface area (Å²) in [7, 11) is 0. The maximum atomic E-state index is 9.89. The van der Waals surface area contributed by atoms with Crippen LogP contribution in [-0.4, -0.2) is 17.5 Å². The van der Waals surface area contributed by atoms with Gasteiger partial charge in [-0.25, -0.2) is 0 Å². The average Bonchev–Trinajstić information content (AvgIpc) is 2.96. The molecule has 0 radical (unpaired) electrons. The van der Waals surface area contributed by atoms with Gasteiger partial charge in [-0.3, -0.25) is 0 Å². The zero-order valence-corrected chi connectivity index (χ0v) is 13.5. The summed E-state index contributed by atoms with van der Waals surface area (Å²) >= 11 is 0. The van der Waals surface area contributed by atoms with Crippen LogP contribution in [0.15, 0.2) is 0 Å². The van der Waals surface area contributed by atoms with Crippen LogP contribution < -0.4 is 0 Å². The summed E-state index contributed by atoms with van der Waals surface area (Å²) in [6.45, 7) is 1.44. The van der Waals surface area contributed by atoms with Gasteiger partial charge in [0.15, 0.2) is 0 Å². The number of hydrogen-bond acceptors (Lipinski definition) is 2. The predicted molar refractivity (Wildman–Crippen MR) is 84.9 cm³/mol. The Kier molecular flexibility index (Phi) is 5.03. The summed E-state index contributed by atoms with van der Waals surface area (Å²) in [4.78, 5) is 8.81. The van der Waals surface area contributed by atoms with Gasteiger partial charge in [-0.1, -0.05) is 12.8 Å². The Bertz CT molecular complexity index is 353. The van der Waals surface area contributed by atoms with Crippen molar-refractivity contribution in [3.63, 3.8) is 0 Å². The molecule has 4 aliphatic carbocycles. The number of fused-ring (bicyclic) bond motifs is 5. The van der Waals surface area contributed by atoms with Crippen LogP contribution in [0.2, 0.25) is 0 Å². The highest BCUT2D eigenvalue weighted by Gasteiger charge is 2.49.